The summed E-state index contributed by atoms with van der Waals surface area (Å²) in [4.78, 5) is 23.1. The van der Waals surface area contributed by atoms with Gasteiger partial charge in [-0.2, -0.15) is 43.3 Å². The second kappa shape index (κ2) is 37.9. The van der Waals surface area contributed by atoms with E-state index in [9.17, 15) is 9.59 Å². The monoisotopic (exact) mass is 662 g/mol. The van der Waals surface area contributed by atoms with E-state index in [1.165, 1.54) is 25.0 Å². The van der Waals surface area contributed by atoms with E-state index in [-0.39, 0.29) is 63.2 Å². The van der Waals surface area contributed by atoms with Crippen molar-refractivity contribution in [2.45, 2.75) is 83.3 Å². The summed E-state index contributed by atoms with van der Waals surface area (Å²) in [6, 6.07) is 5.38. The molecule has 1 unspecified atom stereocenters. The maximum absolute atomic E-state index is 11.8. The molecule has 0 saturated carbocycles. The van der Waals surface area contributed by atoms with Crippen molar-refractivity contribution >= 4 is 61.5 Å². The zero-order chi connectivity index (χ0) is 30.3. The molecule has 0 aliphatic rings. The molecule has 40 heavy (non-hydrogen) atoms. The van der Waals surface area contributed by atoms with Crippen LogP contribution < -0.4 is 78.2 Å². The number of thiol groups is 2. The Morgan fingerprint density at radius 2 is 1.60 bits per heavy atom. The summed E-state index contributed by atoms with van der Waals surface area (Å²) in [5, 5.41) is 5.60. The van der Waals surface area contributed by atoms with Gasteiger partial charge in [0.05, 0.1) is 12.6 Å². The molecule has 0 fully saturated rings. The van der Waals surface area contributed by atoms with Crippen LogP contribution in [-0.4, -0.2) is 62.4 Å². The minimum atomic E-state index is -0.483. The van der Waals surface area contributed by atoms with Crippen LogP contribution in [0.4, 0.5) is 0 Å². The molecule has 1 aromatic rings. The molecule has 0 saturated heterocycles. The largest absolute Gasteiger partial charge is 1.00 e. The van der Waals surface area contributed by atoms with Crippen LogP contribution in [-0.2, 0) is 33.7 Å². The van der Waals surface area contributed by atoms with Gasteiger partial charge in [0.1, 0.15) is 12.4 Å². The first-order valence-electron chi connectivity index (χ1n) is 13.8. The average Bonchev–Trinajstić information content (AvgIpc) is 2.97. The molecule has 2 amide bonds. The van der Waals surface area contributed by atoms with Crippen molar-refractivity contribution in [1.29, 1.82) is 0 Å². The van der Waals surface area contributed by atoms with E-state index >= 15 is 0 Å². The van der Waals surface area contributed by atoms with Crippen LogP contribution in [0.3, 0.4) is 0 Å². The molecular formula is C28H55KN4O3S4. The van der Waals surface area contributed by atoms with Crippen molar-refractivity contribution in [3.8, 4) is 5.75 Å². The normalized spacial score (nSPS) is 10.2. The number of benzene rings is 1. The Hall–Kier alpha value is 0.916. The fourth-order valence-electron chi connectivity index (χ4n) is 2.97. The van der Waals surface area contributed by atoms with Gasteiger partial charge >= 0.3 is 51.4 Å². The molecule has 0 aliphatic carbocycles. The number of thioether (sulfide) groups is 1. The van der Waals surface area contributed by atoms with Crippen LogP contribution >= 0.6 is 37.0 Å². The van der Waals surface area contributed by atoms with E-state index in [0.717, 1.165) is 42.7 Å². The number of ether oxygens (including phenoxy) is 1. The Morgan fingerprint density at radius 3 is 2.15 bits per heavy atom. The minimum Gasteiger partial charge on any atom is -0.796 e. The summed E-state index contributed by atoms with van der Waals surface area (Å²) >= 11 is 14.6. The number of unbranched alkanes of at least 4 members (excludes halogenated alkanes) is 4. The molecule has 1 aromatic carbocycles. The number of rotatable bonds is 18. The first kappa shape index (κ1) is 47.8. The summed E-state index contributed by atoms with van der Waals surface area (Å²) in [6.45, 7) is 7.99. The molecule has 0 radical (unpaired) electrons. The van der Waals surface area contributed by atoms with E-state index in [2.05, 4.69) is 54.8 Å². The molecule has 7 nitrogen and oxygen atoms in total. The van der Waals surface area contributed by atoms with Gasteiger partial charge in [-0.3, -0.25) is 9.59 Å². The number of carbonyl (C=O) groups is 2. The summed E-state index contributed by atoms with van der Waals surface area (Å²) in [6.07, 6.45) is 10.5. The molecule has 230 valence electrons. The molecule has 12 heteroatoms. The van der Waals surface area contributed by atoms with Gasteiger partial charge in [0.25, 0.3) is 0 Å². The maximum atomic E-state index is 11.8. The number of amides is 2. The smallest absolute Gasteiger partial charge is 0.796 e. The third kappa shape index (κ3) is 30.4. The van der Waals surface area contributed by atoms with Gasteiger partial charge in [-0.15, -0.1) is 0 Å². The second-order valence-electron chi connectivity index (χ2n) is 8.18. The summed E-state index contributed by atoms with van der Waals surface area (Å²) in [7, 11) is 0. The van der Waals surface area contributed by atoms with Gasteiger partial charge in [-0.05, 0) is 74.4 Å². The van der Waals surface area contributed by atoms with E-state index in [4.69, 9.17) is 16.2 Å². The van der Waals surface area contributed by atoms with Crippen LogP contribution in [0.1, 0.15) is 76.8 Å². The second-order valence-corrected chi connectivity index (χ2v) is 9.80. The van der Waals surface area contributed by atoms with Crippen LogP contribution in [0.25, 0.3) is 0 Å². The average molecular weight is 663 g/mol. The predicted octanol–water partition coefficient (Wildman–Crippen LogP) is 1.74. The fraction of sp³-hybridized carbons (Fsp3) is 0.714. The predicted molar refractivity (Wildman–Crippen MR) is 181 cm³/mol. The number of carbonyl (C=O) groups excluding carboxylic acids is 2. The third-order valence-electron chi connectivity index (χ3n) is 5.06. The Morgan fingerprint density at radius 1 is 0.975 bits per heavy atom. The molecule has 0 heterocycles. The van der Waals surface area contributed by atoms with E-state index < -0.39 is 6.04 Å². The fourth-order valence-corrected chi connectivity index (χ4v) is 4.06. The van der Waals surface area contributed by atoms with Crippen molar-refractivity contribution in [3.05, 3.63) is 29.3 Å². The maximum Gasteiger partial charge on any atom is 1.00 e. The van der Waals surface area contributed by atoms with Gasteiger partial charge in [-0.25, -0.2) is 0 Å². The van der Waals surface area contributed by atoms with Crippen molar-refractivity contribution < 1.29 is 65.7 Å². The summed E-state index contributed by atoms with van der Waals surface area (Å²) < 4.78 is 5.67. The Kier molecular flexibility index (Phi) is 45.4. The first-order chi connectivity index (χ1) is 18.9. The molecular weight excluding hydrogens is 608 g/mol. The molecule has 0 bridgehead atoms. The Labute approximate surface area is 308 Å². The molecule has 1 rings (SSSR count). The van der Waals surface area contributed by atoms with Crippen molar-refractivity contribution in [2.75, 3.05) is 44.5 Å². The van der Waals surface area contributed by atoms with E-state index in [0.29, 0.717) is 37.6 Å². The van der Waals surface area contributed by atoms with Gasteiger partial charge in [0.2, 0.25) is 11.8 Å². The standard InChI is InChI=1S/C19H31N3O3S2.C6H15NS.C2H6.CH4S.K/c1-14(20)19(24)22-8-4-2-3-5-18(23)21-9-10-25-17-7-6-15(12-26)16(11-17)13-27;1-8-6-4-2-3-5-7;2*1-2;/h6-7,11,14,26-27H,2-5,8-10,12-13,20H2,1H3,(H,21,23)(H,22,24);2-7H2,1H3;1-2H3;2H,1H3;/q;;;;+1/p-1. The van der Waals surface area contributed by atoms with Crippen LogP contribution in [0.15, 0.2) is 18.2 Å². The van der Waals surface area contributed by atoms with Gasteiger partial charge in [0, 0.05) is 24.5 Å². The molecule has 1 atom stereocenters. The van der Waals surface area contributed by atoms with Gasteiger partial charge < -0.3 is 39.5 Å². The van der Waals surface area contributed by atoms with Crippen molar-refractivity contribution in [2.24, 2.45) is 11.5 Å². The van der Waals surface area contributed by atoms with Gasteiger partial charge in [0.15, 0.2) is 0 Å². The molecule has 0 spiro atoms. The van der Waals surface area contributed by atoms with Gasteiger partial charge in [-0.1, -0.05) is 32.8 Å². The zero-order valence-corrected chi connectivity index (χ0v) is 32.3. The first-order valence-corrected chi connectivity index (χ1v) is 17.2. The Bertz CT molecular complexity index is 700. The van der Waals surface area contributed by atoms with Crippen LogP contribution in [0, 0.1) is 0 Å². The van der Waals surface area contributed by atoms with Crippen molar-refractivity contribution in [3.63, 3.8) is 0 Å². The van der Waals surface area contributed by atoms with Crippen LogP contribution in [0.5, 0.6) is 5.75 Å². The third-order valence-corrected chi connectivity index (χ3v) is 6.44. The molecule has 0 aliphatic heterocycles. The van der Waals surface area contributed by atoms with Crippen molar-refractivity contribution in [1.82, 2.24) is 10.6 Å². The number of nitrogens with one attached hydrogen (secondary N) is 2. The number of hydrogen-bond acceptors (Lipinski definition) is 9. The summed E-state index contributed by atoms with van der Waals surface area (Å²) in [5.41, 5.74) is 13.0. The minimum absolute atomic E-state index is 0. The topological polar surface area (TPSA) is 119 Å². The molecule has 6 N–H and O–H groups in total. The SMILES string of the molecule is CC.CC(N)C(=O)NCCCCCC(=O)NCCOc1ccc(CS)c(CS)c1.CSCCCCCN.C[S-].[K+]. The number of hydrogen-bond donors (Lipinski definition) is 6. The van der Waals surface area contributed by atoms with Crippen LogP contribution in [0.2, 0.25) is 0 Å². The molecule has 0 aromatic heterocycles. The Balaban J connectivity index is -0.000000423. The van der Waals surface area contributed by atoms with E-state index in [1.807, 2.05) is 43.8 Å². The quantitative estimate of drug-likeness (QED) is 0.0614. The van der Waals surface area contributed by atoms with E-state index in [1.54, 1.807) is 13.2 Å². The number of nitrogens with two attached hydrogens (primary N) is 2. The summed E-state index contributed by atoms with van der Waals surface area (Å²) in [5.74, 6) is 3.24. The zero-order valence-electron chi connectivity index (χ0n) is 25.8.